The van der Waals surface area contributed by atoms with Gasteiger partial charge in [-0.05, 0) is 21.7 Å². The predicted octanol–water partition coefficient (Wildman–Crippen LogP) is 3.92. The highest BCUT2D eigenvalue weighted by Gasteiger charge is 2.15. The normalized spacial score (nSPS) is 13.2. The Morgan fingerprint density at radius 2 is 1.62 bits per heavy atom. The van der Waals surface area contributed by atoms with E-state index in [1.165, 1.54) is 32.8 Å². The molecule has 0 saturated carbocycles. The summed E-state index contributed by atoms with van der Waals surface area (Å²) in [6.07, 6.45) is 0. The minimum Gasteiger partial charge on any atom is -0.380 e. The van der Waals surface area contributed by atoms with Crippen LogP contribution in [0.25, 0.3) is 21.5 Å². The summed E-state index contributed by atoms with van der Waals surface area (Å²) >= 11 is 0. The molecule has 0 atom stereocenters. The maximum atomic E-state index is 3.40. The monoisotopic (exact) mass is 205 g/mol. The Morgan fingerprint density at radius 3 is 2.50 bits per heavy atom. The van der Waals surface area contributed by atoms with Crippen molar-refractivity contribution in [3.8, 4) is 0 Å². The van der Waals surface area contributed by atoms with Crippen LogP contribution in [0.2, 0.25) is 0 Å². The van der Waals surface area contributed by atoms with Gasteiger partial charge in [-0.3, -0.25) is 0 Å². The van der Waals surface area contributed by atoms with Crippen LogP contribution in [0.15, 0.2) is 48.5 Å². The molecule has 76 valence electrons. The smallest absolute Gasteiger partial charge is 0.0473 e. The van der Waals surface area contributed by atoms with Gasteiger partial charge in [0, 0.05) is 17.6 Å². The second-order valence-electron chi connectivity index (χ2n) is 4.34. The summed E-state index contributed by atoms with van der Waals surface area (Å²) in [5.41, 5.74) is 2.76. The molecule has 0 spiro atoms. The zero-order valence-corrected chi connectivity index (χ0v) is 8.83. The SMILES string of the molecule is c1ccc2c(c1)ccc1c3c(ccc12)CN3. The van der Waals surface area contributed by atoms with E-state index in [-0.39, 0.29) is 0 Å². The summed E-state index contributed by atoms with van der Waals surface area (Å²) in [7, 11) is 0. The van der Waals surface area contributed by atoms with Crippen LogP contribution >= 0.6 is 0 Å². The average molecular weight is 205 g/mol. The van der Waals surface area contributed by atoms with Crippen LogP contribution in [0.5, 0.6) is 0 Å². The molecule has 0 aliphatic carbocycles. The van der Waals surface area contributed by atoms with Crippen LogP contribution in [0.1, 0.15) is 5.56 Å². The Bertz CT molecular complexity index is 713. The Balaban J connectivity index is 2.26. The van der Waals surface area contributed by atoms with E-state index in [0.29, 0.717) is 0 Å². The largest absolute Gasteiger partial charge is 0.380 e. The lowest BCUT2D eigenvalue weighted by molar-refractivity contribution is 1.06. The maximum Gasteiger partial charge on any atom is 0.0473 e. The highest BCUT2D eigenvalue weighted by molar-refractivity contribution is 6.12. The number of hydrogen-bond acceptors (Lipinski definition) is 1. The summed E-state index contributed by atoms with van der Waals surface area (Å²) in [5.74, 6) is 0. The quantitative estimate of drug-likeness (QED) is 0.548. The Hall–Kier alpha value is -2.02. The Labute approximate surface area is 93.7 Å². The summed E-state index contributed by atoms with van der Waals surface area (Å²) in [6.45, 7) is 1.01. The fourth-order valence-electron chi connectivity index (χ4n) is 2.57. The van der Waals surface area contributed by atoms with Crippen molar-refractivity contribution in [2.75, 3.05) is 5.32 Å². The number of hydrogen-bond donors (Lipinski definition) is 1. The van der Waals surface area contributed by atoms with Crippen molar-refractivity contribution in [2.24, 2.45) is 0 Å². The van der Waals surface area contributed by atoms with Crippen LogP contribution < -0.4 is 5.32 Å². The maximum absolute atomic E-state index is 3.40. The molecular formula is C15H11N. The van der Waals surface area contributed by atoms with Crippen molar-refractivity contribution >= 4 is 27.2 Å². The van der Waals surface area contributed by atoms with Gasteiger partial charge < -0.3 is 5.32 Å². The van der Waals surface area contributed by atoms with Gasteiger partial charge >= 0.3 is 0 Å². The van der Waals surface area contributed by atoms with Crippen molar-refractivity contribution in [3.05, 3.63) is 54.1 Å². The number of anilines is 1. The molecule has 1 aliphatic heterocycles. The first-order valence-corrected chi connectivity index (χ1v) is 5.61. The van der Waals surface area contributed by atoms with E-state index in [0.717, 1.165) is 6.54 Å². The van der Waals surface area contributed by atoms with Gasteiger partial charge in [0.1, 0.15) is 0 Å². The van der Waals surface area contributed by atoms with E-state index >= 15 is 0 Å². The fraction of sp³-hybridized carbons (Fsp3) is 0.0667. The topological polar surface area (TPSA) is 12.0 Å². The molecule has 0 bridgehead atoms. The summed E-state index contributed by atoms with van der Waals surface area (Å²) < 4.78 is 0. The first-order chi connectivity index (χ1) is 7.93. The number of rotatable bonds is 0. The van der Waals surface area contributed by atoms with Gasteiger partial charge in [-0.15, -0.1) is 0 Å². The van der Waals surface area contributed by atoms with E-state index in [1.54, 1.807) is 0 Å². The number of benzene rings is 3. The van der Waals surface area contributed by atoms with Gasteiger partial charge in [0.15, 0.2) is 0 Å². The Kier molecular flexibility index (Phi) is 1.41. The second-order valence-corrected chi connectivity index (χ2v) is 4.34. The van der Waals surface area contributed by atoms with Gasteiger partial charge in [-0.2, -0.15) is 0 Å². The lowest BCUT2D eigenvalue weighted by Crippen LogP contribution is -2.13. The van der Waals surface area contributed by atoms with E-state index in [2.05, 4.69) is 53.8 Å². The first kappa shape index (κ1) is 8.17. The zero-order valence-electron chi connectivity index (χ0n) is 8.83. The third kappa shape index (κ3) is 0.904. The molecule has 16 heavy (non-hydrogen) atoms. The highest BCUT2D eigenvalue weighted by atomic mass is 14.9. The molecule has 1 heteroatoms. The third-order valence-corrected chi connectivity index (χ3v) is 3.47. The zero-order chi connectivity index (χ0) is 10.5. The molecule has 1 N–H and O–H groups in total. The van der Waals surface area contributed by atoms with Gasteiger partial charge in [0.25, 0.3) is 0 Å². The second kappa shape index (κ2) is 2.76. The number of fused-ring (bicyclic) bond motifs is 5. The van der Waals surface area contributed by atoms with E-state index in [4.69, 9.17) is 0 Å². The molecule has 4 rings (SSSR count). The molecule has 0 fully saturated rings. The van der Waals surface area contributed by atoms with Crippen molar-refractivity contribution in [1.82, 2.24) is 0 Å². The molecule has 1 nitrogen and oxygen atoms in total. The highest BCUT2D eigenvalue weighted by Crippen LogP contribution is 2.37. The summed E-state index contributed by atoms with van der Waals surface area (Å²) in [4.78, 5) is 0. The van der Waals surface area contributed by atoms with Crippen LogP contribution in [-0.2, 0) is 6.54 Å². The molecule has 1 aliphatic rings. The van der Waals surface area contributed by atoms with Gasteiger partial charge in [-0.25, -0.2) is 0 Å². The Morgan fingerprint density at radius 1 is 0.750 bits per heavy atom. The fourth-order valence-corrected chi connectivity index (χ4v) is 2.57. The standard InChI is InChI=1S/C15H11N/c1-2-4-12-10(3-1)5-8-14-13(12)7-6-11-9-16-15(11)14/h1-8,16H,9H2. The molecule has 0 radical (unpaired) electrons. The summed E-state index contributed by atoms with van der Waals surface area (Å²) in [5, 5.41) is 8.76. The van der Waals surface area contributed by atoms with E-state index in [9.17, 15) is 0 Å². The van der Waals surface area contributed by atoms with Gasteiger partial charge in [-0.1, -0.05) is 48.5 Å². The van der Waals surface area contributed by atoms with Gasteiger partial charge in [0.05, 0.1) is 0 Å². The molecule has 0 unspecified atom stereocenters. The lowest BCUT2D eigenvalue weighted by Gasteiger charge is -2.23. The molecular weight excluding hydrogens is 194 g/mol. The van der Waals surface area contributed by atoms with E-state index < -0.39 is 0 Å². The molecule has 0 saturated heterocycles. The van der Waals surface area contributed by atoms with Crippen LogP contribution in [0.4, 0.5) is 5.69 Å². The number of nitrogens with one attached hydrogen (secondary N) is 1. The molecule has 0 aromatic heterocycles. The van der Waals surface area contributed by atoms with E-state index in [1.807, 2.05) is 0 Å². The van der Waals surface area contributed by atoms with Crippen molar-refractivity contribution < 1.29 is 0 Å². The average Bonchev–Trinajstić information content (AvgIpc) is 2.29. The minimum absolute atomic E-state index is 1.01. The molecule has 3 aromatic rings. The van der Waals surface area contributed by atoms with Crippen LogP contribution in [0.3, 0.4) is 0 Å². The van der Waals surface area contributed by atoms with Crippen molar-refractivity contribution in [3.63, 3.8) is 0 Å². The van der Waals surface area contributed by atoms with Crippen LogP contribution in [0, 0.1) is 0 Å². The van der Waals surface area contributed by atoms with Crippen molar-refractivity contribution in [1.29, 1.82) is 0 Å². The molecule has 3 aromatic carbocycles. The molecule has 0 amide bonds. The molecule has 1 heterocycles. The van der Waals surface area contributed by atoms with Gasteiger partial charge in [0.2, 0.25) is 0 Å². The lowest BCUT2D eigenvalue weighted by atomic mass is 9.95. The minimum atomic E-state index is 1.01. The van der Waals surface area contributed by atoms with Crippen molar-refractivity contribution in [2.45, 2.75) is 6.54 Å². The predicted molar refractivity (Wildman–Crippen MR) is 68.8 cm³/mol. The van der Waals surface area contributed by atoms with Crippen LogP contribution in [-0.4, -0.2) is 0 Å². The summed E-state index contributed by atoms with van der Waals surface area (Å²) in [6, 6.07) is 17.5. The first-order valence-electron chi connectivity index (χ1n) is 5.61. The third-order valence-electron chi connectivity index (χ3n) is 3.47.